The van der Waals surface area contributed by atoms with Crippen molar-refractivity contribution in [3.8, 4) is 0 Å². The van der Waals surface area contributed by atoms with Gasteiger partial charge in [0.15, 0.2) is 0 Å². The fourth-order valence-corrected chi connectivity index (χ4v) is 5.86. The average molecular weight is 635 g/mol. The van der Waals surface area contributed by atoms with Crippen molar-refractivity contribution >= 4 is 20.2 Å². The molecule has 4 atom stereocenters. The first-order chi connectivity index (χ1) is 18.9. The molecule has 4 saturated heterocycles. The molecule has 0 spiro atoms. The molecule has 0 radical (unpaired) electrons. The second kappa shape index (κ2) is 22.3. The van der Waals surface area contributed by atoms with Gasteiger partial charge in [-0.2, -0.15) is 0 Å². The summed E-state index contributed by atoms with van der Waals surface area (Å²) in [4.78, 5) is 20.6. The van der Waals surface area contributed by atoms with Gasteiger partial charge in [0.05, 0.1) is 0 Å². The third-order valence-electron chi connectivity index (χ3n) is 8.71. The van der Waals surface area contributed by atoms with E-state index < -0.39 is 0 Å². The van der Waals surface area contributed by atoms with Crippen molar-refractivity contribution in [2.45, 2.75) is 25.7 Å². The third-order valence-corrected chi connectivity index (χ3v) is 8.71. The van der Waals surface area contributed by atoms with Gasteiger partial charge in [0, 0.05) is 78.5 Å². The fraction of sp³-hybridized carbons (Fsp3) is 1.00. The molecule has 4 rings (SSSR count). The molecule has 0 aromatic heterocycles. The minimum atomic E-state index is 0.00694. The Hall–Kier alpha value is 0.779. The van der Waals surface area contributed by atoms with E-state index in [1.54, 1.807) is 0 Å². The summed E-state index contributed by atoms with van der Waals surface area (Å²) in [6.45, 7) is 25.0. The monoisotopic (exact) mass is 633 g/mol. The predicted octanol–water partition coefficient (Wildman–Crippen LogP) is 1.90. The van der Waals surface area contributed by atoms with Crippen molar-refractivity contribution in [2.24, 2.45) is 0 Å². The van der Waals surface area contributed by atoms with Crippen LogP contribution in [0.5, 0.6) is 0 Å². The quantitative estimate of drug-likeness (QED) is 0.374. The maximum absolute atomic E-state index is 4.80. The van der Waals surface area contributed by atoms with E-state index in [2.05, 4.69) is 67.4 Å². The number of fused-ring (bicyclic) bond motifs is 6. The Labute approximate surface area is 256 Å². The normalized spacial score (nSPS) is 32.2. The van der Waals surface area contributed by atoms with Crippen molar-refractivity contribution < 1.29 is 13.1 Å². The van der Waals surface area contributed by atoms with Crippen LogP contribution in [-0.4, -0.2) is 198 Å². The molecule has 4 unspecified atom stereocenters. The minimum absolute atomic E-state index is 0.00694. The van der Waals surface area contributed by atoms with Crippen LogP contribution in [-0.2, 0) is 13.1 Å². The molecule has 0 aliphatic carbocycles. The van der Waals surface area contributed by atoms with E-state index >= 15 is 0 Å². The number of rotatable bonds is 0. The predicted molar refractivity (Wildman–Crippen MR) is 166 cm³/mol. The van der Waals surface area contributed by atoms with Gasteiger partial charge in [0.25, 0.3) is 0 Å². The van der Waals surface area contributed by atoms with Gasteiger partial charge in [-0.3, -0.25) is 0 Å². The molecule has 4 aliphatic heterocycles. The molecule has 4 bridgehead atoms. The molecule has 4 heterocycles. The average Bonchev–Trinajstić information content (AvgIpc) is 2.92. The van der Waals surface area contributed by atoms with Crippen molar-refractivity contribution in [1.29, 1.82) is 0 Å². The van der Waals surface area contributed by atoms with Gasteiger partial charge in [0.2, 0.25) is 0 Å². The van der Waals surface area contributed by atoms with Crippen LogP contribution in [0.3, 0.4) is 0 Å². The van der Waals surface area contributed by atoms with E-state index in [-0.39, 0.29) is 13.1 Å². The van der Waals surface area contributed by atoms with Crippen molar-refractivity contribution in [3.05, 3.63) is 0 Å². The number of hydrogen-bond donors (Lipinski definition) is 0. The summed E-state index contributed by atoms with van der Waals surface area (Å²) >= 11 is 0.00694. The molecule has 4 fully saturated rings. The Balaban J connectivity index is 0.000000249. The van der Waals surface area contributed by atoms with Gasteiger partial charge in [-0.1, -0.05) is 0 Å². The number of nitrogens with zero attached hydrogens (tertiary/aromatic N) is 8. The van der Waals surface area contributed by atoms with Crippen LogP contribution < -0.4 is 0 Å². The SMILES string of the molecule is CN1CCCN2CCN(C)CCCN(CC1)CC2.CN1CCCN2CCN(C)CCCN(CC1)CC2.[Cl][Mn][Cl]. The molecule has 0 N–H and O–H groups in total. The molecule has 0 aromatic rings. The van der Waals surface area contributed by atoms with Gasteiger partial charge in [-0.05, 0) is 106 Å². The summed E-state index contributed by atoms with van der Waals surface area (Å²) in [5.41, 5.74) is 0. The van der Waals surface area contributed by atoms with Crippen LogP contribution in [0.4, 0.5) is 0 Å². The molecule has 39 heavy (non-hydrogen) atoms. The number of hydrogen-bond acceptors (Lipinski definition) is 8. The first-order valence-corrected chi connectivity index (χ1v) is 18.6. The molecule has 0 saturated carbocycles. The molecule has 8 nitrogen and oxygen atoms in total. The summed E-state index contributed by atoms with van der Waals surface area (Å²) in [5.74, 6) is 0. The van der Waals surface area contributed by atoms with Gasteiger partial charge < -0.3 is 39.2 Å². The van der Waals surface area contributed by atoms with E-state index in [1.165, 1.54) is 157 Å². The zero-order valence-corrected chi connectivity index (χ0v) is 28.4. The van der Waals surface area contributed by atoms with E-state index in [9.17, 15) is 0 Å². The molecular formula is C28H60Cl2MnN8. The Kier molecular flexibility index (Phi) is 20.6. The van der Waals surface area contributed by atoms with Crippen LogP contribution in [0, 0.1) is 0 Å². The van der Waals surface area contributed by atoms with Crippen molar-refractivity contribution in [1.82, 2.24) is 39.2 Å². The Bertz CT molecular complexity index is 500. The molecule has 4 aliphatic rings. The summed E-state index contributed by atoms with van der Waals surface area (Å²) in [7, 11) is 18.7. The van der Waals surface area contributed by atoms with Crippen LogP contribution in [0.2, 0.25) is 0 Å². The molecule has 233 valence electrons. The Morgan fingerprint density at radius 1 is 0.308 bits per heavy atom. The van der Waals surface area contributed by atoms with Crippen LogP contribution >= 0.6 is 20.2 Å². The van der Waals surface area contributed by atoms with Gasteiger partial charge in [-0.25, -0.2) is 0 Å². The number of likely N-dealkylation sites (N-methyl/N-ethyl adjacent to an activating group) is 4. The zero-order chi connectivity index (χ0) is 28.3. The first kappa shape index (κ1) is 36.0. The Morgan fingerprint density at radius 3 is 0.692 bits per heavy atom. The summed E-state index contributed by atoms with van der Waals surface area (Å²) in [6.07, 6.45) is 5.28. The zero-order valence-electron chi connectivity index (χ0n) is 25.7. The summed E-state index contributed by atoms with van der Waals surface area (Å²) < 4.78 is 0. The van der Waals surface area contributed by atoms with E-state index in [0.717, 1.165) is 0 Å². The second-order valence-electron chi connectivity index (χ2n) is 12.0. The number of halogens is 2. The Morgan fingerprint density at radius 2 is 0.487 bits per heavy atom. The van der Waals surface area contributed by atoms with Crippen LogP contribution in [0.15, 0.2) is 0 Å². The summed E-state index contributed by atoms with van der Waals surface area (Å²) in [5, 5.41) is 0. The van der Waals surface area contributed by atoms with Gasteiger partial charge in [0.1, 0.15) is 0 Å². The van der Waals surface area contributed by atoms with Crippen LogP contribution in [0.25, 0.3) is 0 Å². The summed E-state index contributed by atoms with van der Waals surface area (Å²) in [6, 6.07) is 0. The molecular weight excluding hydrogens is 574 g/mol. The van der Waals surface area contributed by atoms with Gasteiger partial charge in [-0.15, -0.1) is 0 Å². The van der Waals surface area contributed by atoms with Crippen molar-refractivity contribution in [2.75, 3.05) is 159 Å². The van der Waals surface area contributed by atoms with E-state index in [4.69, 9.17) is 20.2 Å². The van der Waals surface area contributed by atoms with Crippen molar-refractivity contribution in [3.63, 3.8) is 0 Å². The topological polar surface area (TPSA) is 25.9 Å². The maximum atomic E-state index is 4.80. The third kappa shape index (κ3) is 17.5. The first-order valence-electron chi connectivity index (χ1n) is 15.4. The fourth-order valence-electron chi connectivity index (χ4n) is 5.86. The second-order valence-corrected chi connectivity index (χ2v) is 14.0. The van der Waals surface area contributed by atoms with E-state index in [1.807, 2.05) is 0 Å². The van der Waals surface area contributed by atoms with Gasteiger partial charge >= 0.3 is 33.3 Å². The van der Waals surface area contributed by atoms with Crippen LogP contribution in [0.1, 0.15) is 25.7 Å². The standard InChI is InChI=1S/2C14H30N4.2ClH.Mn/c2*1-15-5-3-7-18-12-10-16(2)6-4-8-17(11-9-15)13-14-18;;;/h2*3-14H2,1-2H3;2*1H;/q;;;;+2/p-2. The molecule has 0 amide bonds. The molecule has 11 heteroatoms. The molecule has 0 aromatic carbocycles. The van der Waals surface area contributed by atoms with E-state index in [0.29, 0.717) is 0 Å².